The zero-order valence-corrected chi connectivity index (χ0v) is 27.2. The van der Waals surface area contributed by atoms with Crippen LogP contribution in [0.1, 0.15) is 105 Å². The third-order valence-electron chi connectivity index (χ3n) is 14.1. The Morgan fingerprint density at radius 1 is 0.907 bits per heavy atom. The van der Waals surface area contributed by atoms with Crippen molar-refractivity contribution in [3.8, 4) is 0 Å². The summed E-state index contributed by atoms with van der Waals surface area (Å²) in [6.07, 6.45) is 8.41. The smallest absolute Gasteiger partial charge is 0.312 e. The van der Waals surface area contributed by atoms with Gasteiger partial charge in [0.15, 0.2) is 5.78 Å². The predicted molar refractivity (Wildman–Crippen MR) is 166 cm³/mol. The van der Waals surface area contributed by atoms with E-state index in [-0.39, 0.29) is 69.8 Å². The predicted octanol–water partition coefficient (Wildman–Crippen LogP) is 8.38. The highest BCUT2D eigenvalue weighted by Crippen LogP contribution is 2.76. The molecule has 8 atom stereocenters. The average molecular weight is 584 g/mol. The van der Waals surface area contributed by atoms with Crippen molar-refractivity contribution < 1.29 is 19.1 Å². The second-order valence-electron chi connectivity index (χ2n) is 16.9. The first kappa shape index (κ1) is 30.3. The first-order valence-corrected chi connectivity index (χ1v) is 16.4. The molecule has 1 aromatic carbocycles. The fourth-order valence-corrected chi connectivity index (χ4v) is 11.5. The van der Waals surface area contributed by atoms with E-state index in [1.54, 1.807) is 0 Å². The number of hydrogen-bond acceptors (Lipinski definition) is 4. The molecule has 4 fully saturated rings. The summed E-state index contributed by atoms with van der Waals surface area (Å²) < 4.78 is 6.10. The van der Waals surface area contributed by atoms with E-state index >= 15 is 0 Å². The van der Waals surface area contributed by atoms with Crippen molar-refractivity contribution in [3.05, 3.63) is 59.1 Å². The van der Waals surface area contributed by atoms with Gasteiger partial charge in [-0.1, -0.05) is 84.9 Å². The van der Waals surface area contributed by atoms with Gasteiger partial charge in [0.05, 0.1) is 12.0 Å². The van der Waals surface area contributed by atoms with Gasteiger partial charge in [-0.15, -0.1) is 0 Å². The molecule has 5 aliphatic carbocycles. The summed E-state index contributed by atoms with van der Waals surface area (Å²) >= 11 is 0. The molecule has 5 heteroatoms. The first-order valence-electron chi connectivity index (χ1n) is 16.4. The van der Waals surface area contributed by atoms with Gasteiger partial charge >= 0.3 is 5.97 Å². The molecule has 0 amide bonds. The van der Waals surface area contributed by atoms with E-state index in [9.17, 15) is 14.4 Å². The molecule has 5 nitrogen and oxygen atoms in total. The molecule has 0 heterocycles. The Bertz CT molecular complexity index is 1430. The molecular formula is C38H49NO4. The minimum absolute atomic E-state index is 0.0470. The summed E-state index contributed by atoms with van der Waals surface area (Å²) in [4.78, 5) is 46.0. The maximum absolute atomic E-state index is 14.7. The molecule has 4 saturated carbocycles. The number of fused-ring (bicyclic) bond motifs is 7. The number of ether oxygens (including phenoxy) is 1. The Labute approximate surface area is 258 Å². The number of hydrogen-bond donors (Lipinski definition) is 0. The van der Waals surface area contributed by atoms with Crippen LogP contribution in [0.5, 0.6) is 0 Å². The van der Waals surface area contributed by atoms with Crippen LogP contribution >= 0.6 is 0 Å². The maximum Gasteiger partial charge on any atom is 0.312 e. The minimum atomic E-state index is -0.636. The highest BCUT2D eigenvalue weighted by Gasteiger charge is 2.73. The van der Waals surface area contributed by atoms with Crippen molar-refractivity contribution >= 4 is 17.5 Å². The van der Waals surface area contributed by atoms with Crippen molar-refractivity contribution in [2.24, 2.45) is 56.2 Å². The lowest BCUT2D eigenvalue weighted by atomic mass is 9.31. The first-order chi connectivity index (χ1) is 20.1. The highest BCUT2D eigenvalue weighted by molar-refractivity contribution is 6.02. The number of carbonyl (C=O) groups excluding carboxylic acids is 3. The summed E-state index contributed by atoms with van der Waals surface area (Å²) in [7, 11) is 0. The van der Waals surface area contributed by atoms with Gasteiger partial charge in [-0.3, -0.25) is 9.59 Å². The molecule has 0 saturated heterocycles. The second kappa shape index (κ2) is 9.63. The lowest BCUT2D eigenvalue weighted by Gasteiger charge is -2.71. The van der Waals surface area contributed by atoms with Gasteiger partial charge in [0.1, 0.15) is 12.4 Å². The normalized spacial score (nSPS) is 42.7. The molecule has 1 aromatic rings. The number of nitrogens with zero attached hydrogens (tertiary/aromatic N) is 1. The molecule has 6 rings (SSSR count). The minimum Gasteiger partial charge on any atom is -0.460 e. The Morgan fingerprint density at radius 2 is 1.58 bits per heavy atom. The van der Waals surface area contributed by atoms with E-state index < -0.39 is 16.2 Å². The Balaban J connectivity index is 1.40. The van der Waals surface area contributed by atoms with E-state index in [1.165, 1.54) is 0 Å². The van der Waals surface area contributed by atoms with E-state index in [1.807, 2.05) is 50.3 Å². The molecule has 0 radical (unpaired) electrons. The molecule has 230 valence electrons. The van der Waals surface area contributed by atoms with Gasteiger partial charge in [-0.2, -0.15) is 0 Å². The lowest BCUT2D eigenvalue weighted by Crippen LogP contribution is -2.69. The van der Waals surface area contributed by atoms with Crippen molar-refractivity contribution in [2.75, 3.05) is 0 Å². The van der Waals surface area contributed by atoms with Gasteiger partial charge in [0, 0.05) is 17.8 Å². The Morgan fingerprint density at radius 3 is 2.26 bits per heavy atom. The number of benzene rings is 1. The fourth-order valence-electron chi connectivity index (χ4n) is 11.5. The van der Waals surface area contributed by atoms with Crippen LogP contribution in [0.2, 0.25) is 0 Å². The van der Waals surface area contributed by atoms with Gasteiger partial charge < -0.3 is 9.53 Å². The molecule has 0 aliphatic heterocycles. The fraction of sp³-hybridized carbons (Fsp3) is 0.684. The lowest BCUT2D eigenvalue weighted by molar-refractivity contribution is -0.227. The van der Waals surface area contributed by atoms with Crippen molar-refractivity contribution in [1.29, 1.82) is 0 Å². The number of ketones is 2. The second-order valence-corrected chi connectivity index (χ2v) is 16.9. The molecule has 0 bridgehead atoms. The average Bonchev–Trinajstić information content (AvgIpc) is 2.95. The number of allylic oxidation sites excluding steroid dienone is 2. The monoisotopic (exact) mass is 583 g/mol. The van der Waals surface area contributed by atoms with Crippen LogP contribution in [0, 0.1) is 62.7 Å². The molecule has 0 spiro atoms. The number of Topliss-reactive ketones (excluding diaryl/α,β-unsaturated/α-hetero) is 2. The van der Waals surface area contributed by atoms with E-state index in [4.69, 9.17) is 11.3 Å². The standard InChI is InChI=1S/C38H49NO4/c1-33(2)16-18-38(32(42)43-23-24-12-10-9-11-13-24)19-17-37(7)30(25(38)21-33)27(40)20-29-35(5)22-26(39-8)31(41)34(3,4)28(35)14-15-36(29,37)6/h9-13,22,25,28-30H,14-21,23H2,1-7H3/t25-,28-,29+,30-,35-,36+,37+,38-/m0/s1. The van der Waals surface area contributed by atoms with Crippen molar-refractivity contribution in [3.63, 3.8) is 0 Å². The van der Waals surface area contributed by atoms with Crippen molar-refractivity contribution in [1.82, 2.24) is 0 Å². The van der Waals surface area contributed by atoms with Crippen LogP contribution in [0.4, 0.5) is 0 Å². The number of carbonyl (C=O) groups is 3. The topological polar surface area (TPSA) is 64.8 Å². The zero-order chi connectivity index (χ0) is 31.2. The van der Waals surface area contributed by atoms with E-state index in [2.05, 4.69) is 39.5 Å². The largest absolute Gasteiger partial charge is 0.460 e. The Hall–Kier alpha value is -2.74. The molecule has 0 N–H and O–H groups in total. The summed E-state index contributed by atoms with van der Waals surface area (Å²) in [5, 5.41) is 0. The van der Waals surface area contributed by atoms with Crippen LogP contribution in [0.3, 0.4) is 0 Å². The van der Waals surface area contributed by atoms with Gasteiger partial charge in [-0.25, -0.2) is 4.85 Å². The molecular weight excluding hydrogens is 534 g/mol. The van der Waals surface area contributed by atoms with Crippen LogP contribution in [0.15, 0.2) is 42.1 Å². The number of rotatable bonds is 3. The van der Waals surface area contributed by atoms with E-state index in [0.29, 0.717) is 6.42 Å². The SMILES string of the molecule is [C-]#[N+]C1=C[C@]2(C)[C@H]3CC(=O)[C@@H]4[C@@H]5CC(C)(C)CC[C@]5(C(=O)OCc5ccccc5)CC[C@@]4(C)[C@]3(C)CC[C@H]2C(C)(C)C1=O. The maximum atomic E-state index is 14.7. The van der Waals surface area contributed by atoms with Crippen molar-refractivity contribution in [2.45, 2.75) is 106 Å². The van der Waals surface area contributed by atoms with Crippen LogP contribution in [0.25, 0.3) is 4.85 Å². The summed E-state index contributed by atoms with van der Waals surface area (Å²) in [6.45, 7) is 23.7. The molecule has 0 aromatic heterocycles. The van der Waals surface area contributed by atoms with E-state index in [0.717, 1.165) is 50.5 Å². The Kier molecular flexibility index (Phi) is 6.78. The molecule has 5 aliphatic rings. The number of esters is 1. The van der Waals surface area contributed by atoms with Crippen LogP contribution < -0.4 is 0 Å². The zero-order valence-electron chi connectivity index (χ0n) is 27.2. The molecule has 0 unspecified atom stereocenters. The third kappa shape index (κ3) is 4.10. The highest BCUT2D eigenvalue weighted by atomic mass is 16.5. The van der Waals surface area contributed by atoms with Gasteiger partial charge in [-0.05, 0) is 89.9 Å². The van der Waals surface area contributed by atoms with Crippen LogP contribution in [-0.2, 0) is 25.7 Å². The summed E-state index contributed by atoms with van der Waals surface area (Å²) in [5.74, 6) is -0.00429. The summed E-state index contributed by atoms with van der Waals surface area (Å²) in [5.41, 5.74) is -0.842. The van der Waals surface area contributed by atoms with Gasteiger partial charge in [0.25, 0.3) is 0 Å². The third-order valence-corrected chi connectivity index (χ3v) is 14.1. The quantitative estimate of drug-likeness (QED) is 0.265. The summed E-state index contributed by atoms with van der Waals surface area (Å²) in [6, 6.07) is 9.87. The molecule has 43 heavy (non-hydrogen) atoms. The van der Waals surface area contributed by atoms with Crippen LogP contribution in [-0.4, -0.2) is 17.5 Å². The van der Waals surface area contributed by atoms with Gasteiger partial charge in [0.2, 0.25) is 5.70 Å².